The van der Waals surface area contributed by atoms with Crippen molar-refractivity contribution in [2.24, 2.45) is 5.73 Å². The maximum absolute atomic E-state index is 11.8. The van der Waals surface area contributed by atoms with Crippen molar-refractivity contribution in [2.45, 2.75) is 51.7 Å². The molecule has 0 radical (unpaired) electrons. The molecule has 1 rings (SSSR count). The Morgan fingerprint density at radius 3 is 2.27 bits per heavy atom. The zero-order valence-electron chi connectivity index (χ0n) is 10.4. The monoisotopic (exact) mass is 213 g/mol. The Morgan fingerprint density at radius 1 is 1.47 bits per heavy atom. The molecule has 1 aliphatic rings. The summed E-state index contributed by atoms with van der Waals surface area (Å²) in [5, 5.41) is 2.97. The normalized spacial score (nSPS) is 23.1. The highest BCUT2D eigenvalue weighted by atomic mass is 16.2. The lowest BCUT2D eigenvalue weighted by molar-refractivity contribution is -0.130. The fourth-order valence-corrected chi connectivity index (χ4v) is 1.80. The van der Waals surface area contributed by atoms with Gasteiger partial charge >= 0.3 is 0 Å². The van der Waals surface area contributed by atoms with Crippen molar-refractivity contribution < 1.29 is 4.79 Å². The standard InChI is InChI=1S/C11H23N3O/c1-8(9(15)13-10(2,3)4)14-6-11(5,12)7-14/h8H,6-7,12H2,1-5H3,(H,13,15). The lowest BCUT2D eigenvalue weighted by Crippen LogP contribution is -2.69. The molecule has 0 spiro atoms. The van der Waals surface area contributed by atoms with Gasteiger partial charge in [0.15, 0.2) is 0 Å². The first-order valence-corrected chi connectivity index (χ1v) is 5.46. The minimum Gasteiger partial charge on any atom is -0.350 e. The molecule has 1 heterocycles. The van der Waals surface area contributed by atoms with Crippen LogP contribution in [-0.4, -0.2) is 41.0 Å². The molecule has 1 aliphatic heterocycles. The van der Waals surface area contributed by atoms with Gasteiger partial charge in [-0.2, -0.15) is 0 Å². The SMILES string of the molecule is CC(C(=O)NC(C)(C)C)N1CC(C)(N)C1. The van der Waals surface area contributed by atoms with Gasteiger partial charge in [0.1, 0.15) is 0 Å². The van der Waals surface area contributed by atoms with E-state index in [1.54, 1.807) is 0 Å². The van der Waals surface area contributed by atoms with E-state index in [1.165, 1.54) is 0 Å². The van der Waals surface area contributed by atoms with Crippen LogP contribution in [0.1, 0.15) is 34.6 Å². The third kappa shape index (κ3) is 3.47. The number of nitrogens with zero attached hydrogens (tertiary/aromatic N) is 1. The van der Waals surface area contributed by atoms with Crippen molar-refractivity contribution >= 4 is 5.91 Å². The van der Waals surface area contributed by atoms with Crippen molar-refractivity contribution in [3.8, 4) is 0 Å². The Hall–Kier alpha value is -0.610. The smallest absolute Gasteiger partial charge is 0.237 e. The van der Waals surface area contributed by atoms with Gasteiger partial charge in [0, 0.05) is 24.2 Å². The van der Waals surface area contributed by atoms with Gasteiger partial charge in [0.25, 0.3) is 0 Å². The van der Waals surface area contributed by atoms with Gasteiger partial charge in [-0.05, 0) is 34.6 Å². The molecule has 0 aromatic heterocycles. The molecule has 3 N–H and O–H groups in total. The van der Waals surface area contributed by atoms with Gasteiger partial charge in [0.2, 0.25) is 5.91 Å². The number of amides is 1. The van der Waals surface area contributed by atoms with Crippen molar-refractivity contribution in [1.82, 2.24) is 10.2 Å². The van der Waals surface area contributed by atoms with Crippen LogP contribution >= 0.6 is 0 Å². The molecular weight excluding hydrogens is 190 g/mol. The van der Waals surface area contributed by atoms with Crippen molar-refractivity contribution in [2.75, 3.05) is 13.1 Å². The summed E-state index contributed by atoms with van der Waals surface area (Å²) in [4.78, 5) is 13.9. The summed E-state index contributed by atoms with van der Waals surface area (Å²) in [6.45, 7) is 11.5. The lowest BCUT2D eigenvalue weighted by atomic mass is 9.91. The third-order valence-corrected chi connectivity index (χ3v) is 2.55. The summed E-state index contributed by atoms with van der Waals surface area (Å²) in [7, 11) is 0. The summed E-state index contributed by atoms with van der Waals surface area (Å²) >= 11 is 0. The molecule has 0 aromatic carbocycles. The van der Waals surface area contributed by atoms with Crippen LogP contribution in [0.4, 0.5) is 0 Å². The van der Waals surface area contributed by atoms with E-state index in [1.807, 2.05) is 34.6 Å². The molecule has 1 amide bonds. The van der Waals surface area contributed by atoms with E-state index in [0.29, 0.717) is 0 Å². The average molecular weight is 213 g/mol. The molecule has 4 heteroatoms. The van der Waals surface area contributed by atoms with Crippen LogP contribution in [-0.2, 0) is 4.79 Å². The van der Waals surface area contributed by atoms with E-state index in [-0.39, 0.29) is 23.0 Å². The maximum Gasteiger partial charge on any atom is 0.237 e. The molecule has 88 valence electrons. The fraction of sp³-hybridized carbons (Fsp3) is 0.909. The van der Waals surface area contributed by atoms with Crippen LogP contribution < -0.4 is 11.1 Å². The second kappa shape index (κ2) is 3.76. The highest BCUT2D eigenvalue weighted by molar-refractivity contribution is 5.82. The van der Waals surface area contributed by atoms with Crippen LogP contribution in [0.25, 0.3) is 0 Å². The molecule has 0 bridgehead atoms. The number of nitrogens with two attached hydrogens (primary N) is 1. The number of likely N-dealkylation sites (tertiary alicyclic amines) is 1. The highest BCUT2D eigenvalue weighted by Crippen LogP contribution is 2.20. The van der Waals surface area contributed by atoms with Gasteiger partial charge in [-0.15, -0.1) is 0 Å². The summed E-state index contributed by atoms with van der Waals surface area (Å²) in [5.74, 6) is 0.0815. The van der Waals surface area contributed by atoms with Crippen molar-refractivity contribution in [3.63, 3.8) is 0 Å². The van der Waals surface area contributed by atoms with Crippen LogP contribution in [0.15, 0.2) is 0 Å². The Bertz CT molecular complexity index is 247. The number of carbonyl (C=O) groups excluding carboxylic acids is 1. The fourth-order valence-electron chi connectivity index (χ4n) is 1.80. The highest BCUT2D eigenvalue weighted by Gasteiger charge is 2.39. The zero-order chi connectivity index (χ0) is 11.9. The third-order valence-electron chi connectivity index (χ3n) is 2.55. The Morgan fingerprint density at radius 2 is 1.93 bits per heavy atom. The molecule has 4 nitrogen and oxygen atoms in total. The molecule has 1 saturated heterocycles. The number of carbonyl (C=O) groups is 1. The lowest BCUT2D eigenvalue weighted by Gasteiger charge is -2.48. The van der Waals surface area contributed by atoms with E-state index < -0.39 is 0 Å². The van der Waals surface area contributed by atoms with E-state index in [0.717, 1.165) is 13.1 Å². The molecule has 15 heavy (non-hydrogen) atoms. The molecule has 0 saturated carbocycles. The topological polar surface area (TPSA) is 58.4 Å². The van der Waals surface area contributed by atoms with Gasteiger partial charge in [0.05, 0.1) is 6.04 Å². The van der Waals surface area contributed by atoms with Gasteiger partial charge < -0.3 is 11.1 Å². The van der Waals surface area contributed by atoms with Crippen molar-refractivity contribution in [3.05, 3.63) is 0 Å². The number of hydrogen-bond donors (Lipinski definition) is 2. The van der Waals surface area contributed by atoms with Crippen LogP contribution in [0.3, 0.4) is 0 Å². The van der Waals surface area contributed by atoms with Crippen LogP contribution in [0.2, 0.25) is 0 Å². The summed E-state index contributed by atoms with van der Waals surface area (Å²) < 4.78 is 0. The van der Waals surface area contributed by atoms with Gasteiger partial charge in [-0.1, -0.05) is 0 Å². The Labute approximate surface area is 92.2 Å². The maximum atomic E-state index is 11.8. The summed E-state index contributed by atoms with van der Waals surface area (Å²) in [6, 6.07) is -0.0825. The van der Waals surface area contributed by atoms with E-state index >= 15 is 0 Å². The summed E-state index contributed by atoms with van der Waals surface area (Å²) in [5.41, 5.74) is 5.62. The van der Waals surface area contributed by atoms with E-state index in [9.17, 15) is 4.79 Å². The number of nitrogens with one attached hydrogen (secondary N) is 1. The molecule has 1 fully saturated rings. The molecule has 1 atom stereocenters. The molecule has 1 unspecified atom stereocenters. The second-order valence-electron chi connectivity index (χ2n) is 5.97. The summed E-state index contributed by atoms with van der Waals surface area (Å²) in [6.07, 6.45) is 0. The minimum atomic E-state index is -0.164. The first-order chi connectivity index (χ1) is 6.61. The number of rotatable bonds is 2. The quantitative estimate of drug-likeness (QED) is 0.694. The molecular formula is C11H23N3O. The van der Waals surface area contributed by atoms with Crippen LogP contribution in [0.5, 0.6) is 0 Å². The van der Waals surface area contributed by atoms with Crippen molar-refractivity contribution in [1.29, 1.82) is 0 Å². The zero-order valence-corrected chi connectivity index (χ0v) is 10.4. The predicted octanol–water partition coefficient (Wildman–Crippen LogP) is 0.323. The Kier molecular flexibility index (Phi) is 3.12. The van der Waals surface area contributed by atoms with Gasteiger partial charge in [-0.3, -0.25) is 9.69 Å². The second-order valence-corrected chi connectivity index (χ2v) is 5.97. The molecule has 0 aliphatic carbocycles. The average Bonchev–Trinajstić information content (AvgIpc) is 1.95. The minimum absolute atomic E-state index is 0.0815. The van der Waals surface area contributed by atoms with E-state index in [4.69, 9.17) is 5.73 Å². The first kappa shape index (κ1) is 12.5. The number of hydrogen-bond acceptors (Lipinski definition) is 3. The first-order valence-electron chi connectivity index (χ1n) is 5.46. The van der Waals surface area contributed by atoms with E-state index in [2.05, 4.69) is 10.2 Å². The van der Waals surface area contributed by atoms with Crippen LogP contribution in [0, 0.1) is 0 Å². The van der Waals surface area contributed by atoms with Gasteiger partial charge in [-0.25, -0.2) is 0 Å². The Balaban J connectivity index is 2.42. The molecule has 0 aromatic rings. The largest absolute Gasteiger partial charge is 0.350 e. The predicted molar refractivity (Wildman–Crippen MR) is 61.5 cm³/mol.